The van der Waals surface area contributed by atoms with Gasteiger partial charge in [0, 0.05) is 11.7 Å². The third-order valence-electron chi connectivity index (χ3n) is 8.75. The van der Waals surface area contributed by atoms with E-state index in [0.29, 0.717) is 18.1 Å². The molecule has 2 aliphatic rings. The highest BCUT2D eigenvalue weighted by atomic mass is 32.2. The number of fused-ring (bicyclic) bond motifs is 1. The Morgan fingerprint density at radius 1 is 0.870 bits per heavy atom. The number of β-lactam (4-membered cyclic amide) rings is 1. The molecule has 4 aromatic carbocycles. The molecule has 0 spiro atoms. The lowest BCUT2D eigenvalue weighted by Crippen LogP contribution is -2.70. The van der Waals surface area contributed by atoms with Crippen LogP contribution >= 0.6 is 11.8 Å². The van der Waals surface area contributed by atoms with Gasteiger partial charge in [-0.15, -0.1) is 16.9 Å². The van der Waals surface area contributed by atoms with Crippen molar-refractivity contribution in [3.05, 3.63) is 143 Å². The molecular weight excluding hydrogens is 597 g/mol. The second-order valence-electron chi connectivity index (χ2n) is 12.2. The summed E-state index contributed by atoms with van der Waals surface area (Å²) in [6.45, 7) is 6.08. The van der Waals surface area contributed by atoms with Gasteiger partial charge in [-0.2, -0.15) is 0 Å². The number of hydrogen-bond donors (Lipinski definition) is 1. The molecule has 0 saturated carbocycles. The number of tetrazole rings is 1. The second kappa shape index (κ2) is 11.9. The van der Waals surface area contributed by atoms with Crippen LogP contribution in [0.3, 0.4) is 0 Å². The summed E-state index contributed by atoms with van der Waals surface area (Å²) in [5.74, 6) is 0.759. The van der Waals surface area contributed by atoms with E-state index < -0.39 is 11.6 Å². The fourth-order valence-electron chi connectivity index (χ4n) is 6.73. The van der Waals surface area contributed by atoms with Crippen LogP contribution in [0.4, 0.5) is 0 Å². The third kappa shape index (κ3) is 5.17. The molecule has 46 heavy (non-hydrogen) atoms. The highest BCUT2D eigenvalue weighted by molar-refractivity contribution is 8.01. The number of carbonyl (C=O) groups is 2. The summed E-state index contributed by atoms with van der Waals surface area (Å²) in [5.41, 5.74) is 3.35. The van der Waals surface area contributed by atoms with Crippen molar-refractivity contribution in [3.63, 3.8) is 0 Å². The van der Waals surface area contributed by atoms with Crippen LogP contribution in [0.5, 0.6) is 5.75 Å². The number of hydrogen-bond acceptors (Lipinski definition) is 8. The van der Waals surface area contributed by atoms with Gasteiger partial charge in [0.25, 0.3) is 0 Å². The monoisotopic (exact) mass is 630 g/mol. The first-order chi connectivity index (χ1) is 22.3. The van der Waals surface area contributed by atoms with Gasteiger partial charge in [-0.3, -0.25) is 14.9 Å². The summed E-state index contributed by atoms with van der Waals surface area (Å²) in [7, 11) is 0. The van der Waals surface area contributed by atoms with E-state index in [1.165, 1.54) is 6.92 Å². The van der Waals surface area contributed by atoms with E-state index in [4.69, 9.17) is 4.74 Å². The Bertz CT molecular complexity index is 1750. The minimum atomic E-state index is -0.765. The third-order valence-corrected chi connectivity index (χ3v) is 10.3. The van der Waals surface area contributed by atoms with Gasteiger partial charge in [-0.1, -0.05) is 103 Å². The Hall–Kier alpha value is -4.80. The predicted molar refractivity (Wildman–Crippen MR) is 176 cm³/mol. The van der Waals surface area contributed by atoms with Gasteiger partial charge in [-0.05, 0) is 58.7 Å². The number of thioether (sulfide) groups is 1. The topological polar surface area (TPSA) is 102 Å². The van der Waals surface area contributed by atoms with E-state index in [2.05, 4.69) is 71.1 Å². The molecule has 1 aromatic heterocycles. The SMILES string of the molecule is CC(=O)Oc1ccc(Cn2nnnc2C2N3C(=O)C(NC(c4ccccc4)(c4ccccc4)c4ccccc4)[C@@H]3SC2(C)C)cc1. The van der Waals surface area contributed by atoms with Crippen LogP contribution in [-0.4, -0.2) is 53.1 Å². The van der Waals surface area contributed by atoms with Crippen molar-refractivity contribution in [2.75, 3.05) is 0 Å². The van der Waals surface area contributed by atoms with Crippen molar-refractivity contribution in [2.24, 2.45) is 0 Å². The van der Waals surface area contributed by atoms with Crippen molar-refractivity contribution in [1.29, 1.82) is 0 Å². The number of nitrogens with zero attached hydrogens (tertiary/aromatic N) is 5. The molecule has 7 rings (SSSR count). The maximum atomic E-state index is 14.3. The zero-order valence-corrected chi connectivity index (χ0v) is 26.6. The van der Waals surface area contributed by atoms with E-state index in [-0.39, 0.29) is 28.0 Å². The van der Waals surface area contributed by atoms with Crippen molar-refractivity contribution >= 4 is 23.6 Å². The molecule has 2 saturated heterocycles. The molecule has 1 amide bonds. The zero-order chi connectivity index (χ0) is 31.9. The molecule has 2 aliphatic heterocycles. The van der Waals surface area contributed by atoms with Gasteiger partial charge < -0.3 is 9.64 Å². The van der Waals surface area contributed by atoms with Gasteiger partial charge in [-0.25, -0.2) is 4.68 Å². The summed E-state index contributed by atoms with van der Waals surface area (Å²) in [6.07, 6.45) is 0. The number of ether oxygens (including phenoxy) is 1. The minimum Gasteiger partial charge on any atom is -0.427 e. The second-order valence-corrected chi connectivity index (χ2v) is 13.9. The molecule has 232 valence electrons. The molecule has 1 N–H and O–H groups in total. The maximum Gasteiger partial charge on any atom is 0.308 e. The van der Waals surface area contributed by atoms with Crippen LogP contribution in [0.25, 0.3) is 0 Å². The molecule has 0 bridgehead atoms. The first kappa shape index (κ1) is 29.9. The van der Waals surface area contributed by atoms with E-state index >= 15 is 0 Å². The lowest BCUT2D eigenvalue weighted by Gasteiger charge is -2.49. The molecule has 9 nitrogen and oxygen atoms in total. The van der Waals surface area contributed by atoms with Crippen LogP contribution < -0.4 is 10.1 Å². The number of benzene rings is 4. The summed E-state index contributed by atoms with van der Waals surface area (Å²) < 4.78 is 6.56. The van der Waals surface area contributed by atoms with Gasteiger partial charge in [0.15, 0.2) is 5.82 Å². The number of carbonyl (C=O) groups excluding carboxylic acids is 2. The van der Waals surface area contributed by atoms with Crippen molar-refractivity contribution in [3.8, 4) is 5.75 Å². The Morgan fingerprint density at radius 3 is 1.93 bits per heavy atom. The van der Waals surface area contributed by atoms with Crippen LogP contribution in [0.2, 0.25) is 0 Å². The standard InChI is InChI=1S/C36H34N6O3S/c1-24(43)45-29-21-19-25(20-22-29)23-41-32(38-39-40-41)31-35(2,3)46-34-30(33(44)42(31)34)37-36(26-13-7-4-8-14-26,27-15-9-5-10-16-27)28-17-11-6-12-18-28/h4-22,30-31,34,37H,23H2,1-3H3/t30?,31?,34-/m0/s1. The molecule has 2 fully saturated rings. The average molecular weight is 631 g/mol. The summed E-state index contributed by atoms with van der Waals surface area (Å²) in [5, 5.41) is 16.6. The lowest BCUT2D eigenvalue weighted by atomic mass is 9.76. The van der Waals surface area contributed by atoms with Crippen molar-refractivity contribution < 1.29 is 14.3 Å². The highest BCUT2D eigenvalue weighted by Gasteiger charge is 2.64. The van der Waals surface area contributed by atoms with Crippen LogP contribution in [0.1, 0.15) is 54.9 Å². The fraction of sp³-hybridized carbons (Fsp3) is 0.250. The Balaban J connectivity index is 1.22. The number of aromatic nitrogens is 4. The summed E-state index contributed by atoms with van der Waals surface area (Å²) in [6, 6.07) is 37.5. The molecule has 0 radical (unpaired) electrons. The van der Waals surface area contributed by atoms with E-state index in [1.54, 1.807) is 28.6 Å². The summed E-state index contributed by atoms with van der Waals surface area (Å²) in [4.78, 5) is 27.6. The largest absolute Gasteiger partial charge is 0.427 e. The van der Waals surface area contributed by atoms with Crippen LogP contribution in [0.15, 0.2) is 115 Å². The molecular formula is C36H34N6O3S. The smallest absolute Gasteiger partial charge is 0.308 e. The van der Waals surface area contributed by atoms with Crippen molar-refractivity contribution in [2.45, 2.75) is 55.1 Å². The predicted octanol–water partition coefficient (Wildman–Crippen LogP) is 5.33. The Labute approximate surface area is 272 Å². The minimum absolute atomic E-state index is 0.0144. The number of esters is 1. The molecule has 10 heteroatoms. The Morgan fingerprint density at radius 2 is 1.41 bits per heavy atom. The van der Waals surface area contributed by atoms with E-state index in [0.717, 1.165) is 22.3 Å². The van der Waals surface area contributed by atoms with E-state index in [1.807, 2.05) is 71.6 Å². The molecule has 2 unspecified atom stereocenters. The number of rotatable bonds is 9. The summed E-state index contributed by atoms with van der Waals surface area (Å²) >= 11 is 1.77. The number of amides is 1. The molecule has 3 heterocycles. The fourth-order valence-corrected chi connectivity index (χ4v) is 8.36. The van der Waals surface area contributed by atoms with Crippen molar-refractivity contribution in [1.82, 2.24) is 30.4 Å². The molecule has 3 atom stereocenters. The van der Waals surface area contributed by atoms with Gasteiger partial charge in [0.05, 0.1) is 12.1 Å². The van der Waals surface area contributed by atoms with Gasteiger partial charge >= 0.3 is 5.97 Å². The molecule has 0 aliphatic carbocycles. The average Bonchev–Trinajstić information content (AvgIpc) is 3.62. The first-order valence-electron chi connectivity index (χ1n) is 15.3. The maximum absolute atomic E-state index is 14.3. The zero-order valence-electron chi connectivity index (χ0n) is 25.8. The van der Waals surface area contributed by atoms with Gasteiger partial charge in [0.1, 0.15) is 23.2 Å². The lowest BCUT2D eigenvalue weighted by molar-refractivity contribution is -0.150. The van der Waals surface area contributed by atoms with E-state index in [9.17, 15) is 9.59 Å². The highest BCUT2D eigenvalue weighted by Crippen LogP contribution is 2.57. The quantitative estimate of drug-likeness (QED) is 0.101. The molecule has 5 aromatic rings. The normalized spacial score (nSPS) is 20.2. The Kier molecular flexibility index (Phi) is 7.70. The van der Waals surface area contributed by atoms with Crippen LogP contribution in [-0.2, 0) is 21.7 Å². The van der Waals surface area contributed by atoms with Gasteiger partial charge in [0.2, 0.25) is 5.91 Å². The first-order valence-corrected chi connectivity index (χ1v) is 16.1. The van der Waals surface area contributed by atoms with Crippen LogP contribution in [0, 0.1) is 0 Å². The number of nitrogens with one attached hydrogen (secondary N) is 1.